The van der Waals surface area contributed by atoms with Gasteiger partial charge in [0.1, 0.15) is 6.04 Å². The second-order valence-electron chi connectivity index (χ2n) is 7.91. The van der Waals surface area contributed by atoms with Gasteiger partial charge in [0.25, 0.3) is 0 Å². The summed E-state index contributed by atoms with van der Waals surface area (Å²) in [5.74, 6) is -0.799. The molecule has 3 aromatic carbocycles. The van der Waals surface area contributed by atoms with E-state index in [1.165, 1.54) is 21.9 Å². The molecule has 0 fully saturated rings. The first kappa shape index (κ1) is 15.9. The first-order valence-corrected chi connectivity index (χ1v) is 9.82. The summed E-state index contributed by atoms with van der Waals surface area (Å²) in [4.78, 5) is 15.5. The zero-order valence-electron chi connectivity index (χ0n) is 15.3. The topological polar surface area (TPSA) is 65.1 Å². The monoisotopic (exact) mass is 368 g/mol. The number of aliphatic carboxylic acids is 1. The van der Waals surface area contributed by atoms with E-state index in [1.807, 2.05) is 12.1 Å². The van der Waals surface area contributed by atoms with Crippen LogP contribution < -0.4 is 5.32 Å². The van der Waals surface area contributed by atoms with Gasteiger partial charge in [-0.3, -0.25) is 10.1 Å². The highest BCUT2D eigenvalue weighted by Crippen LogP contribution is 2.40. The molecule has 1 aliphatic carbocycles. The standard InChI is InChI=1S/C24H20N2O2/c27-24(28)20-12-18-15-5-1-2-7-19(15)25-23(18)22(26-20)17-11-10-14-9-8-13-4-3-6-16(17)21(13)14/h1-7,10-11,20,22,25-26H,8-9,12H2,(H,27,28)/t20-,22-/m0/s1. The summed E-state index contributed by atoms with van der Waals surface area (Å²) in [5, 5.41) is 16.9. The largest absolute Gasteiger partial charge is 0.480 e. The average Bonchev–Trinajstić information content (AvgIpc) is 3.30. The number of carbonyl (C=O) groups is 1. The van der Waals surface area contributed by atoms with Crippen LogP contribution in [0.3, 0.4) is 0 Å². The molecule has 138 valence electrons. The number of H-pyrrole nitrogens is 1. The first-order chi connectivity index (χ1) is 13.7. The maximum Gasteiger partial charge on any atom is 0.321 e. The number of aryl methyl sites for hydroxylation is 2. The highest BCUT2D eigenvalue weighted by Gasteiger charge is 2.35. The van der Waals surface area contributed by atoms with Crippen LogP contribution in [0.4, 0.5) is 0 Å². The number of aromatic amines is 1. The maximum atomic E-state index is 11.9. The number of hydrogen-bond acceptors (Lipinski definition) is 2. The third kappa shape index (κ3) is 2.12. The normalized spacial score (nSPS) is 20.6. The second-order valence-corrected chi connectivity index (χ2v) is 7.91. The van der Waals surface area contributed by atoms with Gasteiger partial charge in [-0.15, -0.1) is 0 Å². The van der Waals surface area contributed by atoms with Gasteiger partial charge in [0.2, 0.25) is 0 Å². The molecule has 3 N–H and O–H groups in total. The van der Waals surface area contributed by atoms with Crippen molar-refractivity contribution in [3.05, 3.63) is 82.5 Å². The lowest BCUT2D eigenvalue weighted by Crippen LogP contribution is -2.45. The van der Waals surface area contributed by atoms with E-state index in [1.54, 1.807) is 0 Å². The Balaban J connectivity index is 1.62. The number of carboxylic acids is 1. The fourth-order valence-corrected chi connectivity index (χ4v) is 5.16. The molecule has 0 spiro atoms. The highest BCUT2D eigenvalue weighted by molar-refractivity contribution is 5.94. The number of nitrogens with one attached hydrogen (secondary N) is 2. The van der Waals surface area contributed by atoms with Gasteiger partial charge in [-0.2, -0.15) is 0 Å². The Morgan fingerprint density at radius 1 is 0.929 bits per heavy atom. The lowest BCUT2D eigenvalue weighted by Gasteiger charge is -2.30. The molecule has 4 heteroatoms. The van der Waals surface area contributed by atoms with E-state index in [0.717, 1.165) is 40.6 Å². The van der Waals surface area contributed by atoms with Gasteiger partial charge in [-0.1, -0.05) is 48.5 Å². The van der Waals surface area contributed by atoms with Crippen LogP contribution in [0.25, 0.3) is 21.7 Å². The molecule has 0 bridgehead atoms. The molecular formula is C24H20N2O2. The maximum absolute atomic E-state index is 11.9. The fourth-order valence-electron chi connectivity index (χ4n) is 5.16. The summed E-state index contributed by atoms with van der Waals surface area (Å²) >= 11 is 0. The molecule has 1 aliphatic heterocycles. The van der Waals surface area contributed by atoms with Crippen molar-refractivity contribution in [1.29, 1.82) is 0 Å². The van der Waals surface area contributed by atoms with Crippen LogP contribution in [-0.2, 0) is 24.1 Å². The van der Waals surface area contributed by atoms with Crippen molar-refractivity contribution in [1.82, 2.24) is 10.3 Å². The summed E-state index contributed by atoms with van der Waals surface area (Å²) in [5.41, 5.74) is 7.23. The van der Waals surface area contributed by atoms with E-state index < -0.39 is 12.0 Å². The summed E-state index contributed by atoms with van der Waals surface area (Å²) in [6.45, 7) is 0. The van der Waals surface area contributed by atoms with Gasteiger partial charge in [-0.05, 0) is 51.9 Å². The predicted octanol–water partition coefficient (Wildman–Crippen LogP) is 4.11. The Labute approximate surface area is 162 Å². The van der Waals surface area contributed by atoms with E-state index in [-0.39, 0.29) is 6.04 Å². The SMILES string of the molecule is O=C(O)[C@@H]1Cc2c([nH]c3ccccc23)[C@H](c2ccc3c4c(cccc24)CC3)N1. The van der Waals surface area contributed by atoms with Gasteiger partial charge in [0.05, 0.1) is 6.04 Å². The molecule has 28 heavy (non-hydrogen) atoms. The lowest BCUT2D eigenvalue weighted by molar-refractivity contribution is -0.139. The minimum atomic E-state index is -0.799. The number of para-hydroxylation sites is 1. The molecule has 1 aromatic heterocycles. The number of aromatic nitrogens is 1. The van der Waals surface area contributed by atoms with Crippen molar-refractivity contribution < 1.29 is 9.90 Å². The van der Waals surface area contributed by atoms with E-state index in [0.29, 0.717) is 6.42 Å². The van der Waals surface area contributed by atoms with Crippen molar-refractivity contribution >= 4 is 27.6 Å². The smallest absolute Gasteiger partial charge is 0.321 e. The quantitative estimate of drug-likeness (QED) is 0.499. The minimum absolute atomic E-state index is 0.165. The Morgan fingerprint density at radius 2 is 1.71 bits per heavy atom. The third-order valence-electron chi connectivity index (χ3n) is 6.43. The van der Waals surface area contributed by atoms with Gasteiger partial charge < -0.3 is 10.1 Å². The lowest BCUT2D eigenvalue weighted by atomic mass is 9.87. The summed E-state index contributed by atoms with van der Waals surface area (Å²) in [6.07, 6.45) is 2.67. The number of carboxylic acid groups (broad SMARTS) is 1. The Morgan fingerprint density at radius 3 is 2.57 bits per heavy atom. The molecule has 2 atom stereocenters. The van der Waals surface area contributed by atoms with Crippen LogP contribution in [0.15, 0.2) is 54.6 Å². The summed E-state index contributed by atoms with van der Waals surface area (Å²) < 4.78 is 0. The van der Waals surface area contributed by atoms with Gasteiger partial charge >= 0.3 is 5.97 Å². The van der Waals surface area contributed by atoms with Crippen LogP contribution in [0.1, 0.15) is 34.0 Å². The van der Waals surface area contributed by atoms with E-state index >= 15 is 0 Å². The number of fused-ring (bicyclic) bond motifs is 3. The predicted molar refractivity (Wildman–Crippen MR) is 110 cm³/mol. The Bertz CT molecular complexity index is 1260. The van der Waals surface area contributed by atoms with Crippen molar-refractivity contribution in [2.45, 2.75) is 31.3 Å². The van der Waals surface area contributed by atoms with Gasteiger partial charge in [0.15, 0.2) is 0 Å². The van der Waals surface area contributed by atoms with Crippen LogP contribution in [-0.4, -0.2) is 22.1 Å². The average molecular weight is 368 g/mol. The zero-order valence-corrected chi connectivity index (χ0v) is 15.3. The van der Waals surface area contributed by atoms with Crippen molar-refractivity contribution in [3.63, 3.8) is 0 Å². The molecule has 2 heterocycles. The van der Waals surface area contributed by atoms with Gasteiger partial charge in [0, 0.05) is 23.0 Å². The molecule has 0 saturated heterocycles. The third-order valence-corrected chi connectivity index (χ3v) is 6.43. The van der Waals surface area contributed by atoms with Crippen LogP contribution in [0, 0.1) is 0 Å². The van der Waals surface area contributed by atoms with Crippen LogP contribution in [0.2, 0.25) is 0 Å². The van der Waals surface area contributed by atoms with E-state index in [2.05, 4.69) is 52.8 Å². The molecule has 4 aromatic rings. The molecule has 2 aliphatic rings. The highest BCUT2D eigenvalue weighted by atomic mass is 16.4. The zero-order chi connectivity index (χ0) is 18.8. The number of rotatable bonds is 2. The van der Waals surface area contributed by atoms with Crippen molar-refractivity contribution in [2.24, 2.45) is 0 Å². The first-order valence-electron chi connectivity index (χ1n) is 9.82. The summed E-state index contributed by atoms with van der Waals surface area (Å²) in [6, 6.07) is 18.3. The molecule has 0 amide bonds. The van der Waals surface area contributed by atoms with E-state index in [4.69, 9.17) is 0 Å². The molecule has 0 radical (unpaired) electrons. The molecule has 6 rings (SSSR count). The molecule has 0 unspecified atom stereocenters. The fraction of sp³-hybridized carbons (Fsp3) is 0.208. The Hall–Kier alpha value is -3.11. The number of benzene rings is 3. The minimum Gasteiger partial charge on any atom is -0.480 e. The van der Waals surface area contributed by atoms with E-state index in [9.17, 15) is 9.90 Å². The van der Waals surface area contributed by atoms with Crippen LogP contribution >= 0.6 is 0 Å². The Kier molecular flexibility index (Phi) is 3.23. The van der Waals surface area contributed by atoms with Crippen LogP contribution in [0.5, 0.6) is 0 Å². The number of hydrogen-bond donors (Lipinski definition) is 3. The molecular weight excluding hydrogens is 348 g/mol. The summed E-state index contributed by atoms with van der Waals surface area (Å²) in [7, 11) is 0. The molecule has 0 saturated carbocycles. The molecule has 4 nitrogen and oxygen atoms in total. The van der Waals surface area contributed by atoms with Gasteiger partial charge in [-0.25, -0.2) is 0 Å². The second kappa shape index (κ2) is 5.69. The van der Waals surface area contributed by atoms with Crippen molar-refractivity contribution in [2.75, 3.05) is 0 Å². The van der Waals surface area contributed by atoms with Crippen molar-refractivity contribution in [3.8, 4) is 0 Å².